The van der Waals surface area contributed by atoms with Crippen LogP contribution in [0.2, 0.25) is 0 Å². The Kier molecular flexibility index (Phi) is 7.31. The quantitative estimate of drug-likeness (QED) is 0.174. The summed E-state index contributed by atoms with van der Waals surface area (Å²) in [5.74, 6) is 2.36. The van der Waals surface area contributed by atoms with Crippen LogP contribution in [-0.2, 0) is 0 Å². The van der Waals surface area contributed by atoms with Crippen molar-refractivity contribution in [2.75, 3.05) is 0 Å². The molecule has 0 N–H and O–H groups in total. The second-order valence-corrected chi connectivity index (χ2v) is 9.35. The maximum atomic E-state index is 11.3. The molecule has 0 bridgehead atoms. The van der Waals surface area contributed by atoms with E-state index in [4.69, 9.17) is 9.47 Å². The number of nitrogens with zero attached hydrogens (tertiary/aromatic N) is 2. The number of benzene rings is 4. The number of ether oxygens (including phenoxy) is 2. The van der Waals surface area contributed by atoms with Crippen LogP contribution in [0.4, 0.5) is 11.4 Å². The summed E-state index contributed by atoms with van der Waals surface area (Å²) in [5.41, 5.74) is 2.32. The Morgan fingerprint density at radius 2 is 0.974 bits per heavy atom. The Labute approximate surface area is 219 Å². The minimum absolute atomic E-state index is 0.0647. The van der Waals surface area contributed by atoms with Crippen molar-refractivity contribution in [1.29, 1.82) is 0 Å². The van der Waals surface area contributed by atoms with Gasteiger partial charge >= 0.3 is 11.4 Å². The molecule has 4 aromatic rings. The fourth-order valence-electron chi connectivity index (χ4n) is 5.05. The maximum Gasteiger partial charge on any atom is 0.311 e. The van der Waals surface area contributed by atoms with Crippen molar-refractivity contribution >= 4 is 11.4 Å². The molecule has 0 saturated heterocycles. The molecule has 0 amide bonds. The van der Waals surface area contributed by atoms with Gasteiger partial charge in [-0.15, -0.1) is 0 Å². The molecular formula is C30H26N2O6. The second kappa shape index (κ2) is 11.1. The van der Waals surface area contributed by atoms with Crippen LogP contribution >= 0.6 is 0 Å². The molecule has 0 heterocycles. The van der Waals surface area contributed by atoms with Crippen LogP contribution in [0.1, 0.15) is 48.6 Å². The average Bonchev–Trinajstić information content (AvgIpc) is 2.94. The summed E-state index contributed by atoms with van der Waals surface area (Å²) < 4.78 is 11.6. The van der Waals surface area contributed by atoms with E-state index in [9.17, 15) is 20.2 Å². The lowest BCUT2D eigenvalue weighted by Crippen LogP contribution is -2.13. The van der Waals surface area contributed by atoms with Gasteiger partial charge in [-0.2, -0.15) is 0 Å². The first kappa shape index (κ1) is 25.0. The Morgan fingerprint density at radius 3 is 1.37 bits per heavy atom. The molecule has 1 saturated carbocycles. The van der Waals surface area contributed by atoms with Gasteiger partial charge in [0.2, 0.25) is 11.5 Å². The summed E-state index contributed by atoms with van der Waals surface area (Å²) in [6.07, 6.45) is 4.31. The van der Waals surface area contributed by atoms with Crippen LogP contribution in [0.25, 0.3) is 0 Å². The highest BCUT2D eigenvalue weighted by Crippen LogP contribution is 2.42. The number of hydrogen-bond acceptors (Lipinski definition) is 6. The van der Waals surface area contributed by atoms with Crippen molar-refractivity contribution in [2.45, 2.75) is 37.5 Å². The molecule has 2 unspecified atom stereocenters. The number of nitro benzene ring substituents is 2. The van der Waals surface area contributed by atoms with E-state index in [0.29, 0.717) is 23.3 Å². The molecular weight excluding hydrogens is 484 g/mol. The average molecular weight is 511 g/mol. The van der Waals surface area contributed by atoms with Gasteiger partial charge in [-0.3, -0.25) is 20.2 Å². The summed E-state index contributed by atoms with van der Waals surface area (Å²) in [4.78, 5) is 21.6. The van der Waals surface area contributed by atoms with Gasteiger partial charge in [-0.1, -0.05) is 55.0 Å². The Morgan fingerprint density at radius 1 is 0.579 bits per heavy atom. The van der Waals surface area contributed by atoms with Gasteiger partial charge in [0.25, 0.3) is 0 Å². The Hall–Kier alpha value is -4.72. The van der Waals surface area contributed by atoms with E-state index in [1.165, 1.54) is 23.3 Å². The molecule has 1 aliphatic carbocycles. The van der Waals surface area contributed by atoms with Crippen molar-refractivity contribution in [3.63, 3.8) is 0 Å². The zero-order chi connectivity index (χ0) is 26.5. The van der Waals surface area contributed by atoms with Crippen LogP contribution in [0.3, 0.4) is 0 Å². The van der Waals surface area contributed by atoms with Crippen LogP contribution in [0, 0.1) is 20.2 Å². The van der Waals surface area contributed by atoms with E-state index in [0.717, 1.165) is 25.7 Å². The third-order valence-corrected chi connectivity index (χ3v) is 6.96. The largest absolute Gasteiger partial charge is 0.450 e. The number of para-hydroxylation sites is 4. The van der Waals surface area contributed by atoms with Crippen LogP contribution < -0.4 is 9.47 Å². The van der Waals surface area contributed by atoms with Crippen molar-refractivity contribution < 1.29 is 19.3 Å². The molecule has 1 fully saturated rings. The topological polar surface area (TPSA) is 105 Å². The third kappa shape index (κ3) is 5.64. The van der Waals surface area contributed by atoms with Gasteiger partial charge in [0.15, 0.2) is 0 Å². The molecule has 8 heteroatoms. The molecule has 5 rings (SSSR count). The summed E-state index contributed by atoms with van der Waals surface area (Å²) in [6, 6.07) is 28.3. The molecule has 8 nitrogen and oxygen atoms in total. The van der Waals surface area contributed by atoms with E-state index in [-0.39, 0.29) is 22.9 Å². The Balaban J connectivity index is 1.24. The molecule has 4 aromatic carbocycles. The first-order valence-corrected chi connectivity index (χ1v) is 12.5. The fraction of sp³-hybridized carbons (Fsp3) is 0.200. The molecule has 2 atom stereocenters. The monoisotopic (exact) mass is 510 g/mol. The number of rotatable bonds is 8. The fourth-order valence-corrected chi connectivity index (χ4v) is 5.05. The highest BCUT2D eigenvalue weighted by Gasteiger charge is 2.25. The minimum atomic E-state index is -0.448. The summed E-state index contributed by atoms with van der Waals surface area (Å²) in [6.45, 7) is 0. The zero-order valence-electron chi connectivity index (χ0n) is 20.6. The lowest BCUT2D eigenvalue weighted by molar-refractivity contribution is -0.385. The van der Waals surface area contributed by atoms with Gasteiger partial charge < -0.3 is 9.47 Å². The normalized spacial score (nSPS) is 16.9. The van der Waals surface area contributed by atoms with E-state index >= 15 is 0 Å². The second-order valence-electron chi connectivity index (χ2n) is 9.35. The third-order valence-electron chi connectivity index (χ3n) is 6.96. The summed E-state index contributed by atoms with van der Waals surface area (Å²) in [5, 5.41) is 22.5. The molecule has 38 heavy (non-hydrogen) atoms. The predicted octanol–water partition coefficient (Wildman–Crippen LogP) is 8.53. The van der Waals surface area contributed by atoms with Crippen LogP contribution in [0.15, 0.2) is 97.1 Å². The SMILES string of the molecule is O=[N+]([O-])c1ccccc1Oc1ccc(C2CCCC(c3ccc(Oc4ccccc4[N+](=O)[O-])cc3)C2)cc1. The van der Waals surface area contributed by atoms with Gasteiger partial charge in [0, 0.05) is 12.1 Å². The van der Waals surface area contributed by atoms with E-state index in [1.54, 1.807) is 36.4 Å². The Bertz CT molecular complexity index is 1330. The molecule has 0 spiro atoms. The lowest BCUT2D eigenvalue weighted by atomic mass is 9.75. The maximum absolute atomic E-state index is 11.3. The van der Waals surface area contributed by atoms with Crippen molar-refractivity contribution in [3.05, 3.63) is 128 Å². The van der Waals surface area contributed by atoms with Gasteiger partial charge in [0.05, 0.1) is 9.85 Å². The predicted molar refractivity (Wildman–Crippen MR) is 143 cm³/mol. The highest BCUT2D eigenvalue weighted by molar-refractivity contribution is 5.49. The molecule has 192 valence electrons. The van der Waals surface area contributed by atoms with Gasteiger partial charge in [0.1, 0.15) is 11.5 Å². The number of hydrogen-bond donors (Lipinski definition) is 0. The number of nitro groups is 2. The van der Waals surface area contributed by atoms with Crippen molar-refractivity contribution in [3.8, 4) is 23.0 Å². The van der Waals surface area contributed by atoms with E-state index in [1.807, 2.05) is 48.5 Å². The highest BCUT2D eigenvalue weighted by atomic mass is 16.6. The van der Waals surface area contributed by atoms with Crippen LogP contribution in [0.5, 0.6) is 23.0 Å². The van der Waals surface area contributed by atoms with Crippen molar-refractivity contribution in [2.24, 2.45) is 0 Å². The van der Waals surface area contributed by atoms with E-state index < -0.39 is 9.85 Å². The van der Waals surface area contributed by atoms with Crippen molar-refractivity contribution in [1.82, 2.24) is 0 Å². The molecule has 0 aromatic heterocycles. The summed E-state index contributed by atoms with van der Waals surface area (Å²) >= 11 is 0. The smallest absolute Gasteiger partial charge is 0.311 e. The molecule has 1 aliphatic rings. The van der Waals surface area contributed by atoms with Gasteiger partial charge in [-0.25, -0.2) is 0 Å². The summed E-state index contributed by atoms with van der Waals surface area (Å²) in [7, 11) is 0. The molecule has 0 aliphatic heterocycles. The molecule has 0 radical (unpaired) electrons. The zero-order valence-corrected chi connectivity index (χ0v) is 20.6. The van der Waals surface area contributed by atoms with Gasteiger partial charge in [-0.05, 0) is 78.6 Å². The first-order chi connectivity index (χ1) is 18.5. The lowest BCUT2D eigenvalue weighted by Gasteiger charge is -2.30. The van der Waals surface area contributed by atoms with Crippen LogP contribution in [-0.4, -0.2) is 9.85 Å². The standard InChI is InChI=1S/C30H26N2O6/c33-31(34)27-8-1-3-10-29(27)37-25-16-12-21(13-17-25)23-6-5-7-24(20-23)22-14-18-26(19-15-22)38-30-11-4-2-9-28(30)32(35)36/h1-4,8-19,23-24H,5-7,20H2. The minimum Gasteiger partial charge on any atom is -0.450 e. The first-order valence-electron chi connectivity index (χ1n) is 12.5. The van der Waals surface area contributed by atoms with E-state index in [2.05, 4.69) is 0 Å².